The van der Waals surface area contributed by atoms with Gasteiger partial charge in [0.15, 0.2) is 0 Å². The number of aliphatic carboxylic acids is 5. The van der Waals surface area contributed by atoms with Crippen LogP contribution < -0.4 is 43.4 Å². The lowest BCUT2D eigenvalue weighted by Gasteiger charge is -2.30. The van der Waals surface area contributed by atoms with Crippen molar-refractivity contribution >= 4 is 71.2 Å². The van der Waals surface area contributed by atoms with E-state index < -0.39 is 157 Å². The second-order valence-corrected chi connectivity index (χ2v) is 14.5. The minimum atomic E-state index is -2.26. The summed E-state index contributed by atoms with van der Waals surface area (Å²) in [6.45, 7) is 2.51. The van der Waals surface area contributed by atoms with E-state index in [0.717, 1.165) is 11.8 Å². The first-order valence-corrected chi connectivity index (χ1v) is 19.4. The van der Waals surface area contributed by atoms with Crippen molar-refractivity contribution in [1.29, 1.82) is 0 Å². The summed E-state index contributed by atoms with van der Waals surface area (Å²) in [7, 11) is 0. The lowest BCUT2D eigenvalue weighted by atomic mass is 10.1. The number of hydrogen-bond acceptors (Lipinski definition) is 16. The van der Waals surface area contributed by atoms with Crippen molar-refractivity contribution in [2.45, 2.75) is 132 Å². The molecule has 0 unspecified atom stereocenters. The zero-order valence-corrected chi connectivity index (χ0v) is 34.2. The molecule has 0 radical (unpaired) electrons. The number of nitrogens with two attached hydrogens (primary N) is 2. The minimum Gasteiger partial charge on any atom is -0.481 e. The molecule has 0 spiro atoms. The summed E-state index contributed by atoms with van der Waals surface area (Å²) < 4.78 is 0. The highest BCUT2D eigenvalue weighted by molar-refractivity contribution is 6.00. The minimum absolute atomic E-state index is 0.0458. The van der Waals surface area contributed by atoms with Crippen LogP contribution >= 0.6 is 0 Å². The Morgan fingerprint density at radius 2 is 0.952 bits per heavy atom. The number of carbonyl (C=O) groups is 12. The molecular weight excluding hydrogens is 850 g/mol. The highest BCUT2D eigenvalue weighted by Gasteiger charge is 2.41. The average Bonchev–Trinajstić information content (AvgIpc) is 3.67. The SMILES string of the molecule is C[C@@H](O)[C@H](N)C(=O)N1CCC[C@H]1C(=O)N[C@H](C(=O)N[C@@H](CC(=O)O)C(=O)N[C@@H](CC(=O)O)C(=O)N[C@@H](CC(=O)O)C(=O)N[C@@H](CC(=O)O)C(=O)N[C@@H](CCCCN)C(=O)O)[C@@H](C)O. The predicted octanol–water partition coefficient (Wildman–Crippen LogP) is -6.91. The van der Waals surface area contributed by atoms with E-state index in [1.165, 1.54) is 6.92 Å². The van der Waals surface area contributed by atoms with Crippen molar-refractivity contribution in [1.82, 2.24) is 36.8 Å². The normalized spacial score (nSPS) is 17.7. The number of carboxylic acid groups (broad SMARTS) is 5. The number of nitrogens with one attached hydrogen (secondary N) is 6. The molecule has 0 bridgehead atoms. The number of carbonyl (C=O) groups excluding carboxylic acids is 7. The van der Waals surface area contributed by atoms with Gasteiger partial charge in [0.2, 0.25) is 41.4 Å². The van der Waals surface area contributed by atoms with E-state index in [4.69, 9.17) is 11.5 Å². The maximum absolute atomic E-state index is 13.4. The Kier molecular flexibility index (Phi) is 22.5. The van der Waals surface area contributed by atoms with Crippen LogP contribution in [0.2, 0.25) is 0 Å². The molecule has 63 heavy (non-hydrogen) atoms. The third-order valence-electron chi connectivity index (χ3n) is 9.31. The first-order chi connectivity index (χ1) is 29.3. The van der Waals surface area contributed by atoms with Crippen molar-refractivity contribution in [3.05, 3.63) is 0 Å². The van der Waals surface area contributed by atoms with Gasteiger partial charge in [-0.3, -0.25) is 52.7 Å². The summed E-state index contributed by atoms with van der Waals surface area (Å²) in [6.07, 6.45) is -7.26. The molecule has 0 saturated carbocycles. The van der Waals surface area contributed by atoms with Gasteiger partial charge in [-0.25, -0.2) is 4.79 Å². The quantitative estimate of drug-likeness (QED) is 0.0324. The fourth-order valence-corrected chi connectivity index (χ4v) is 5.99. The molecule has 1 fully saturated rings. The van der Waals surface area contributed by atoms with Crippen LogP contribution in [0.5, 0.6) is 0 Å². The molecule has 28 heteroatoms. The maximum atomic E-state index is 13.4. The number of likely N-dealkylation sites (tertiary alicyclic amines) is 1. The first-order valence-electron chi connectivity index (χ1n) is 19.4. The van der Waals surface area contributed by atoms with Crippen LogP contribution in [0, 0.1) is 0 Å². The van der Waals surface area contributed by atoms with Crippen LogP contribution in [0.4, 0.5) is 0 Å². The molecule has 1 aliphatic rings. The van der Waals surface area contributed by atoms with E-state index in [-0.39, 0.29) is 32.4 Å². The summed E-state index contributed by atoms with van der Waals surface area (Å²) in [6, 6.07) is -14.8. The lowest BCUT2D eigenvalue weighted by Crippen LogP contribution is -2.62. The number of nitrogens with zero attached hydrogens (tertiary/aromatic N) is 1. The molecular formula is C35H55N9O19. The van der Waals surface area contributed by atoms with Crippen molar-refractivity contribution in [3.8, 4) is 0 Å². The van der Waals surface area contributed by atoms with Crippen molar-refractivity contribution in [2.75, 3.05) is 13.1 Å². The van der Waals surface area contributed by atoms with Crippen LogP contribution in [0.1, 0.15) is 71.6 Å². The summed E-state index contributed by atoms with van der Waals surface area (Å²) in [5, 5.41) is 79.2. The summed E-state index contributed by atoms with van der Waals surface area (Å²) in [4.78, 5) is 152. The zero-order valence-electron chi connectivity index (χ0n) is 34.2. The van der Waals surface area contributed by atoms with Crippen LogP contribution in [0.25, 0.3) is 0 Å². The Hall–Kier alpha value is -6.52. The topological polar surface area (TPSA) is 474 Å². The summed E-state index contributed by atoms with van der Waals surface area (Å²) in [5.41, 5.74) is 11.1. The monoisotopic (exact) mass is 905 g/mol. The second-order valence-electron chi connectivity index (χ2n) is 14.5. The molecule has 1 saturated heterocycles. The number of amides is 7. The van der Waals surface area contributed by atoms with Gasteiger partial charge in [-0.05, 0) is 52.5 Å². The number of aliphatic hydroxyl groups is 2. The van der Waals surface area contributed by atoms with Gasteiger partial charge < -0.3 is 84.0 Å². The van der Waals surface area contributed by atoms with Crippen molar-refractivity contribution < 1.29 is 93.3 Å². The Morgan fingerprint density at radius 3 is 1.29 bits per heavy atom. The molecule has 28 nitrogen and oxygen atoms in total. The van der Waals surface area contributed by atoms with Crippen LogP contribution in [-0.2, 0) is 57.5 Å². The fraction of sp³-hybridized carbons (Fsp3) is 0.657. The summed E-state index contributed by atoms with van der Waals surface area (Å²) >= 11 is 0. The van der Waals surface area contributed by atoms with E-state index in [1.807, 2.05) is 26.6 Å². The predicted molar refractivity (Wildman–Crippen MR) is 207 cm³/mol. The molecule has 354 valence electrons. The fourth-order valence-electron chi connectivity index (χ4n) is 5.99. The third kappa shape index (κ3) is 18.6. The van der Waals surface area contributed by atoms with E-state index in [2.05, 4.69) is 5.32 Å². The summed E-state index contributed by atoms with van der Waals surface area (Å²) in [5.74, 6) is -17.7. The number of carboxylic acids is 5. The third-order valence-corrected chi connectivity index (χ3v) is 9.31. The number of hydrogen-bond donors (Lipinski definition) is 15. The molecule has 10 atom stereocenters. The average molecular weight is 906 g/mol. The van der Waals surface area contributed by atoms with Crippen molar-refractivity contribution in [2.24, 2.45) is 11.5 Å². The molecule has 0 aromatic carbocycles. The highest BCUT2D eigenvalue weighted by atomic mass is 16.4. The van der Waals surface area contributed by atoms with Crippen molar-refractivity contribution in [3.63, 3.8) is 0 Å². The Morgan fingerprint density at radius 1 is 0.571 bits per heavy atom. The Labute approximate surface area is 357 Å². The number of unbranched alkanes of at least 4 members (excludes halogenated alkanes) is 1. The van der Waals surface area contributed by atoms with E-state index >= 15 is 0 Å². The lowest BCUT2D eigenvalue weighted by molar-refractivity contribution is -0.145. The van der Waals surface area contributed by atoms with Gasteiger partial charge in [0.05, 0.1) is 37.9 Å². The van der Waals surface area contributed by atoms with E-state index in [1.54, 1.807) is 0 Å². The Balaban J connectivity index is 3.33. The second kappa shape index (κ2) is 26.1. The molecule has 7 amide bonds. The maximum Gasteiger partial charge on any atom is 0.326 e. The van der Waals surface area contributed by atoms with Gasteiger partial charge in [0.25, 0.3) is 0 Å². The van der Waals surface area contributed by atoms with Crippen LogP contribution in [-0.4, -0.2) is 185 Å². The van der Waals surface area contributed by atoms with Gasteiger partial charge in [0.1, 0.15) is 48.3 Å². The molecule has 0 aromatic rings. The standard InChI is InChI=1S/C35H55N9O19/c1-14(45)26(37)34(61)44-9-5-7-21(44)32(59)43-27(15(2)46)33(60)42-20(13-25(53)54)31(58)41-19(12-24(51)52)30(57)40-18(11-23(49)50)29(56)39-17(10-22(47)48)28(55)38-16(35(62)63)6-3-4-8-36/h14-21,26-27,45-46H,3-13,36-37H2,1-2H3,(H,38,55)(H,39,56)(H,40,57)(H,41,58)(H,42,60)(H,43,59)(H,47,48)(H,49,50)(H,51,52)(H,53,54)(H,62,63)/t14-,15-,16+,17+,18+,19+,20+,21+,26+,27+/m1/s1. The van der Waals surface area contributed by atoms with E-state index in [9.17, 15) is 93.3 Å². The highest BCUT2D eigenvalue weighted by Crippen LogP contribution is 2.19. The Bertz CT molecular complexity index is 1730. The molecule has 1 rings (SSSR count). The van der Waals surface area contributed by atoms with Gasteiger partial charge in [-0.15, -0.1) is 0 Å². The molecule has 1 heterocycles. The molecule has 0 aromatic heterocycles. The molecule has 17 N–H and O–H groups in total. The zero-order chi connectivity index (χ0) is 48.3. The smallest absolute Gasteiger partial charge is 0.326 e. The molecule has 1 aliphatic heterocycles. The van der Waals surface area contributed by atoms with Gasteiger partial charge >= 0.3 is 29.8 Å². The first kappa shape index (κ1) is 54.5. The number of rotatable bonds is 28. The van der Waals surface area contributed by atoms with E-state index in [0.29, 0.717) is 12.8 Å². The number of aliphatic hydroxyl groups excluding tert-OH is 2. The largest absolute Gasteiger partial charge is 0.481 e. The van der Waals surface area contributed by atoms with Crippen LogP contribution in [0.15, 0.2) is 0 Å². The van der Waals surface area contributed by atoms with Gasteiger partial charge in [0, 0.05) is 6.54 Å². The van der Waals surface area contributed by atoms with Crippen LogP contribution in [0.3, 0.4) is 0 Å². The molecule has 0 aliphatic carbocycles. The van der Waals surface area contributed by atoms with Gasteiger partial charge in [-0.1, -0.05) is 0 Å². The van der Waals surface area contributed by atoms with Gasteiger partial charge in [-0.2, -0.15) is 0 Å².